The molecule has 0 unspecified atom stereocenters. The molecule has 17 heavy (non-hydrogen) atoms. The van der Waals surface area contributed by atoms with Gasteiger partial charge in [0.15, 0.2) is 0 Å². The molecule has 0 aliphatic heterocycles. The number of nitrogen functional groups attached to an aromatic ring is 1. The van der Waals surface area contributed by atoms with Crippen molar-refractivity contribution < 1.29 is 4.74 Å². The Morgan fingerprint density at radius 3 is 3.00 bits per heavy atom. The topological polar surface area (TPSA) is 64.3 Å². The summed E-state index contributed by atoms with van der Waals surface area (Å²) < 4.78 is 5.66. The van der Waals surface area contributed by atoms with Gasteiger partial charge in [0.05, 0.1) is 12.0 Å². The number of hydrogen-bond acceptors (Lipinski definition) is 6. The van der Waals surface area contributed by atoms with Gasteiger partial charge in [-0.15, -0.1) is 11.3 Å². The average molecular weight is 252 g/mol. The molecule has 2 N–H and O–H groups in total. The highest BCUT2D eigenvalue weighted by atomic mass is 32.1. The van der Waals surface area contributed by atoms with Crippen LogP contribution < -0.4 is 10.5 Å². The molecular formula is C11H16N4OS. The molecule has 2 aromatic rings. The van der Waals surface area contributed by atoms with Gasteiger partial charge >= 0.3 is 0 Å². The zero-order valence-corrected chi connectivity index (χ0v) is 10.8. The second kappa shape index (κ2) is 5.29. The molecule has 0 amide bonds. The number of nitrogens with zero attached hydrogens (tertiary/aromatic N) is 3. The number of rotatable bonds is 5. The summed E-state index contributed by atoms with van der Waals surface area (Å²) in [6.45, 7) is 1.63. The van der Waals surface area contributed by atoms with E-state index in [1.807, 2.05) is 25.5 Å². The third kappa shape index (κ3) is 3.04. The van der Waals surface area contributed by atoms with Crippen LogP contribution in [0.25, 0.3) is 10.2 Å². The Morgan fingerprint density at radius 1 is 1.41 bits per heavy atom. The van der Waals surface area contributed by atoms with E-state index < -0.39 is 0 Å². The first-order valence-corrected chi connectivity index (χ1v) is 6.33. The van der Waals surface area contributed by atoms with E-state index in [9.17, 15) is 0 Å². The van der Waals surface area contributed by atoms with Crippen molar-refractivity contribution in [1.29, 1.82) is 0 Å². The minimum Gasteiger partial charge on any atom is -0.477 e. The first kappa shape index (κ1) is 12.1. The Morgan fingerprint density at radius 2 is 2.24 bits per heavy atom. The SMILES string of the molecule is CN(C)CCCOc1nc(N)nc2sccc12. The highest BCUT2D eigenvalue weighted by molar-refractivity contribution is 7.16. The van der Waals surface area contributed by atoms with Crippen LogP contribution in [0.2, 0.25) is 0 Å². The van der Waals surface area contributed by atoms with Gasteiger partial charge in [-0.25, -0.2) is 4.98 Å². The molecule has 0 saturated heterocycles. The molecule has 0 aliphatic carbocycles. The molecule has 92 valence electrons. The monoisotopic (exact) mass is 252 g/mol. The van der Waals surface area contributed by atoms with Crippen LogP contribution in [-0.4, -0.2) is 42.1 Å². The third-order valence-electron chi connectivity index (χ3n) is 2.30. The van der Waals surface area contributed by atoms with E-state index in [1.165, 1.54) is 0 Å². The van der Waals surface area contributed by atoms with Gasteiger partial charge in [0.25, 0.3) is 0 Å². The van der Waals surface area contributed by atoms with Gasteiger partial charge < -0.3 is 15.4 Å². The molecule has 0 bridgehead atoms. The smallest absolute Gasteiger partial charge is 0.227 e. The molecule has 0 saturated carbocycles. The fourth-order valence-electron chi connectivity index (χ4n) is 1.50. The highest BCUT2D eigenvalue weighted by Crippen LogP contribution is 2.27. The maximum Gasteiger partial charge on any atom is 0.227 e. The van der Waals surface area contributed by atoms with Crippen molar-refractivity contribution in [2.75, 3.05) is 33.0 Å². The number of nitrogens with two attached hydrogens (primary N) is 1. The van der Waals surface area contributed by atoms with Crippen LogP contribution in [0, 0.1) is 0 Å². The summed E-state index contributed by atoms with van der Waals surface area (Å²) in [6, 6.07) is 1.96. The molecule has 0 aliphatic rings. The second-order valence-corrected chi connectivity index (χ2v) is 4.93. The van der Waals surface area contributed by atoms with Crippen molar-refractivity contribution in [3.8, 4) is 5.88 Å². The highest BCUT2D eigenvalue weighted by Gasteiger charge is 2.08. The Hall–Kier alpha value is -1.40. The molecule has 0 radical (unpaired) electrons. The zero-order chi connectivity index (χ0) is 12.3. The van der Waals surface area contributed by atoms with Crippen molar-refractivity contribution >= 4 is 27.5 Å². The largest absolute Gasteiger partial charge is 0.477 e. The van der Waals surface area contributed by atoms with E-state index in [2.05, 4.69) is 14.9 Å². The van der Waals surface area contributed by atoms with Crippen LogP contribution in [0.15, 0.2) is 11.4 Å². The van der Waals surface area contributed by atoms with E-state index in [4.69, 9.17) is 10.5 Å². The van der Waals surface area contributed by atoms with Crippen LogP contribution in [0.1, 0.15) is 6.42 Å². The predicted octanol–water partition coefficient (Wildman–Crippen LogP) is 1.60. The summed E-state index contributed by atoms with van der Waals surface area (Å²) in [6.07, 6.45) is 0.961. The summed E-state index contributed by atoms with van der Waals surface area (Å²) in [5.74, 6) is 0.857. The number of hydrogen-bond donors (Lipinski definition) is 1. The minimum atomic E-state index is 0.266. The first-order valence-electron chi connectivity index (χ1n) is 5.45. The van der Waals surface area contributed by atoms with Crippen LogP contribution >= 0.6 is 11.3 Å². The van der Waals surface area contributed by atoms with E-state index in [0.717, 1.165) is 23.2 Å². The number of ether oxygens (including phenoxy) is 1. The van der Waals surface area contributed by atoms with E-state index >= 15 is 0 Å². The molecule has 0 aromatic carbocycles. The fourth-order valence-corrected chi connectivity index (χ4v) is 2.27. The molecular weight excluding hydrogens is 236 g/mol. The maximum atomic E-state index is 5.66. The first-order chi connectivity index (χ1) is 8.16. The quantitative estimate of drug-likeness (QED) is 0.819. The predicted molar refractivity (Wildman–Crippen MR) is 70.5 cm³/mol. The number of fused-ring (bicyclic) bond motifs is 1. The molecule has 0 spiro atoms. The summed E-state index contributed by atoms with van der Waals surface area (Å²) in [5, 5.41) is 2.90. The molecule has 5 nitrogen and oxygen atoms in total. The molecule has 2 heterocycles. The number of thiophene rings is 1. The molecule has 6 heteroatoms. The maximum absolute atomic E-state index is 5.66. The van der Waals surface area contributed by atoms with Crippen molar-refractivity contribution in [3.63, 3.8) is 0 Å². The standard InChI is InChI=1S/C11H16N4OS/c1-15(2)5-3-6-16-9-8-4-7-17-10(8)14-11(12)13-9/h4,7H,3,5-6H2,1-2H3,(H2,12,13,14). The lowest BCUT2D eigenvalue weighted by atomic mass is 10.4. The van der Waals surface area contributed by atoms with Crippen LogP contribution in [0.4, 0.5) is 5.95 Å². The molecule has 0 fully saturated rings. The van der Waals surface area contributed by atoms with E-state index in [0.29, 0.717) is 12.5 Å². The average Bonchev–Trinajstić information content (AvgIpc) is 2.71. The van der Waals surface area contributed by atoms with Gasteiger partial charge in [0, 0.05) is 6.54 Å². The summed E-state index contributed by atoms with van der Waals surface area (Å²) in [5.41, 5.74) is 5.63. The normalized spacial score (nSPS) is 11.2. The van der Waals surface area contributed by atoms with Gasteiger partial charge in [0.2, 0.25) is 11.8 Å². The molecule has 2 aromatic heterocycles. The molecule has 2 rings (SSSR count). The van der Waals surface area contributed by atoms with Crippen LogP contribution in [0.5, 0.6) is 5.88 Å². The Balaban J connectivity index is 2.04. The number of anilines is 1. The summed E-state index contributed by atoms with van der Waals surface area (Å²) >= 11 is 1.54. The van der Waals surface area contributed by atoms with Gasteiger partial charge in [0.1, 0.15) is 4.83 Å². The van der Waals surface area contributed by atoms with Gasteiger partial charge in [-0.3, -0.25) is 0 Å². The minimum absolute atomic E-state index is 0.266. The van der Waals surface area contributed by atoms with Gasteiger partial charge in [-0.05, 0) is 32.0 Å². The molecule has 0 atom stereocenters. The fraction of sp³-hybridized carbons (Fsp3) is 0.455. The lowest BCUT2D eigenvalue weighted by Gasteiger charge is -2.10. The summed E-state index contributed by atoms with van der Waals surface area (Å²) in [4.78, 5) is 11.3. The van der Waals surface area contributed by atoms with Gasteiger partial charge in [-0.1, -0.05) is 0 Å². The lowest BCUT2D eigenvalue weighted by molar-refractivity contribution is 0.276. The van der Waals surface area contributed by atoms with Crippen molar-refractivity contribution in [2.24, 2.45) is 0 Å². The second-order valence-electron chi connectivity index (χ2n) is 4.03. The van der Waals surface area contributed by atoms with Crippen molar-refractivity contribution in [2.45, 2.75) is 6.42 Å². The summed E-state index contributed by atoms with van der Waals surface area (Å²) in [7, 11) is 4.08. The number of aromatic nitrogens is 2. The Labute approximate surface area is 104 Å². The van der Waals surface area contributed by atoms with E-state index in [1.54, 1.807) is 11.3 Å². The lowest BCUT2D eigenvalue weighted by Crippen LogP contribution is -2.15. The Kier molecular flexibility index (Phi) is 3.75. The van der Waals surface area contributed by atoms with Gasteiger partial charge in [-0.2, -0.15) is 4.98 Å². The van der Waals surface area contributed by atoms with E-state index in [-0.39, 0.29) is 5.95 Å². The van der Waals surface area contributed by atoms with Crippen LogP contribution in [0.3, 0.4) is 0 Å². The van der Waals surface area contributed by atoms with Crippen molar-refractivity contribution in [1.82, 2.24) is 14.9 Å². The van der Waals surface area contributed by atoms with Crippen molar-refractivity contribution in [3.05, 3.63) is 11.4 Å². The third-order valence-corrected chi connectivity index (χ3v) is 3.10. The van der Waals surface area contributed by atoms with Crippen LogP contribution in [-0.2, 0) is 0 Å². The Bertz CT molecular complexity index is 497. The zero-order valence-electron chi connectivity index (χ0n) is 10.0.